The summed E-state index contributed by atoms with van der Waals surface area (Å²) in [6.45, 7) is 4.01. The zero-order valence-corrected chi connectivity index (χ0v) is 12.7. The molecule has 0 aromatic heterocycles. The molecule has 1 aliphatic heterocycles. The van der Waals surface area contributed by atoms with Gasteiger partial charge >= 0.3 is 0 Å². The second-order valence-corrected chi connectivity index (χ2v) is 6.31. The number of benzene rings is 1. The van der Waals surface area contributed by atoms with Gasteiger partial charge in [0, 0.05) is 17.9 Å². The van der Waals surface area contributed by atoms with E-state index in [-0.39, 0.29) is 5.91 Å². The molecule has 5 heteroatoms. The molecule has 1 aliphatic rings. The Hall–Kier alpha value is -1.49. The maximum atomic E-state index is 11.4. The van der Waals surface area contributed by atoms with E-state index < -0.39 is 0 Å². The van der Waals surface area contributed by atoms with E-state index in [1.54, 1.807) is 6.21 Å². The van der Waals surface area contributed by atoms with Crippen LogP contribution in [0.25, 0.3) is 0 Å². The summed E-state index contributed by atoms with van der Waals surface area (Å²) < 4.78 is 5.76. The van der Waals surface area contributed by atoms with Crippen LogP contribution in [-0.4, -0.2) is 29.7 Å². The van der Waals surface area contributed by atoms with Gasteiger partial charge < -0.3 is 4.74 Å². The molecule has 1 saturated heterocycles. The highest BCUT2D eigenvalue weighted by molar-refractivity contribution is 8.00. The summed E-state index contributed by atoms with van der Waals surface area (Å²) in [4.78, 5) is 11.4. The normalized spacial score (nSPS) is 15.3. The molecule has 2 rings (SSSR count). The summed E-state index contributed by atoms with van der Waals surface area (Å²) in [5.41, 5.74) is 3.46. The zero-order chi connectivity index (χ0) is 14.4. The van der Waals surface area contributed by atoms with Crippen LogP contribution in [-0.2, 0) is 4.79 Å². The van der Waals surface area contributed by atoms with Crippen LogP contribution in [0.2, 0.25) is 0 Å². The molecular formula is C15H20N2O2S. The summed E-state index contributed by atoms with van der Waals surface area (Å²) in [5, 5.41) is 3.94. The molecule has 0 bridgehead atoms. The molecule has 1 aromatic carbocycles. The molecule has 0 saturated carbocycles. The second-order valence-electron chi connectivity index (χ2n) is 5.24. The molecule has 108 valence electrons. The third-order valence-corrected chi connectivity index (χ3v) is 4.00. The lowest BCUT2D eigenvalue weighted by molar-refractivity contribution is -0.121. The number of rotatable bonds is 6. The van der Waals surface area contributed by atoms with Gasteiger partial charge in [-0.25, -0.2) is 5.43 Å². The van der Waals surface area contributed by atoms with Gasteiger partial charge in [0.15, 0.2) is 0 Å². The van der Waals surface area contributed by atoms with Crippen molar-refractivity contribution in [3.05, 3.63) is 29.8 Å². The Bertz CT molecular complexity index is 467. The number of nitrogens with zero attached hydrogens (tertiary/aromatic N) is 1. The number of hydrogen-bond donors (Lipinski definition) is 1. The van der Waals surface area contributed by atoms with Crippen molar-refractivity contribution < 1.29 is 9.53 Å². The number of carbonyl (C=O) groups is 1. The van der Waals surface area contributed by atoms with Crippen molar-refractivity contribution >= 4 is 23.9 Å². The quantitative estimate of drug-likeness (QED) is 0.648. The Kier molecular flexibility index (Phi) is 5.47. The van der Waals surface area contributed by atoms with Crippen molar-refractivity contribution in [3.8, 4) is 5.75 Å². The van der Waals surface area contributed by atoms with E-state index in [9.17, 15) is 4.79 Å². The number of thioether (sulfide) groups is 1. The van der Waals surface area contributed by atoms with Gasteiger partial charge in [-0.15, -0.1) is 0 Å². The van der Waals surface area contributed by atoms with E-state index >= 15 is 0 Å². The van der Waals surface area contributed by atoms with Gasteiger partial charge in [0.2, 0.25) is 5.91 Å². The Morgan fingerprint density at radius 1 is 1.45 bits per heavy atom. The fourth-order valence-corrected chi connectivity index (χ4v) is 2.27. The summed E-state index contributed by atoms with van der Waals surface area (Å²) in [6.07, 6.45) is 2.49. The van der Waals surface area contributed by atoms with Crippen LogP contribution in [0.15, 0.2) is 29.4 Å². The van der Waals surface area contributed by atoms with Crippen LogP contribution in [0, 0.1) is 5.92 Å². The molecule has 1 heterocycles. The topological polar surface area (TPSA) is 50.7 Å². The van der Waals surface area contributed by atoms with Crippen molar-refractivity contribution in [3.63, 3.8) is 0 Å². The molecule has 0 unspecified atom stereocenters. The second kappa shape index (κ2) is 7.33. The number of carbonyl (C=O) groups excluding carboxylic acids is 1. The van der Waals surface area contributed by atoms with Crippen molar-refractivity contribution in [2.45, 2.75) is 26.4 Å². The first-order chi connectivity index (χ1) is 9.63. The number of amides is 1. The van der Waals surface area contributed by atoms with Gasteiger partial charge in [-0.05, 0) is 35.7 Å². The zero-order valence-electron chi connectivity index (χ0n) is 11.8. The lowest BCUT2D eigenvalue weighted by Crippen LogP contribution is -2.30. The molecule has 1 N–H and O–H groups in total. The smallest absolute Gasteiger partial charge is 0.240 e. The minimum absolute atomic E-state index is 0.0568. The van der Waals surface area contributed by atoms with Gasteiger partial charge in [0.25, 0.3) is 0 Å². The molecule has 1 fully saturated rings. The van der Waals surface area contributed by atoms with E-state index in [0.717, 1.165) is 22.8 Å². The Labute approximate surface area is 124 Å². The van der Waals surface area contributed by atoms with Crippen molar-refractivity contribution in [2.75, 3.05) is 11.5 Å². The van der Waals surface area contributed by atoms with E-state index in [1.807, 2.05) is 49.9 Å². The van der Waals surface area contributed by atoms with Gasteiger partial charge in [-0.3, -0.25) is 4.79 Å². The molecule has 0 aliphatic carbocycles. The van der Waals surface area contributed by atoms with Crippen LogP contribution >= 0.6 is 11.8 Å². The standard InChI is InChI=1S/C15H20N2O2S/c1-11(2)7-15(18)17-16-8-12-3-5-13(6-4-12)19-14-9-20-10-14/h3-6,8,11,14H,7,9-10H2,1-2H3,(H,17,18)/b16-8-. The third-order valence-electron chi connectivity index (χ3n) is 2.79. The van der Waals surface area contributed by atoms with E-state index in [4.69, 9.17) is 4.74 Å². The fourth-order valence-electron chi connectivity index (χ4n) is 1.70. The molecule has 20 heavy (non-hydrogen) atoms. The maximum Gasteiger partial charge on any atom is 0.240 e. The van der Waals surface area contributed by atoms with Gasteiger partial charge in [-0.1, -0.05) is 13.8 Å². The van der Waals surface area contributed by atoms with Crippen molar-refractivity contribution in [2.24, 2.45) is 11.0 Å². The summed E-state index contributed by atoms with van der Waals surface area (Å²) in [6, 6.07) is 7.72. The number of nitrogens with one attached hydrogen (secondary N) is 1. The Morgan fingerprint density at radius 3 is 2.70 bits per heavy atom. The van der Waals surface area contributed by atoms with Crippen LogP contribution in [0.4, 0.5) is 0 Å². The molecule has 1 aromatic rings. The number of hydrazone groups is 1. The fraction of sp³-hybridized carbons (Fsp3) is 0.467. The molecule has 0 atom stereocenters. The predicted octanol–water partition coefficient (Wildman–Crippen LogP) is 2.68. The van der Waals surface area contributed by atoms with Crippen LogP contribution in [0.5, 0.6) is 5.75 Å². The Morgan fingerprint density at radius 2 is 2.15 bits per heavy atom. The number of hydrogen-bond acceptors (Lipinski definition) is 4. The lowest BCUT2D eigenvalue weighted by Gasteiger charge is -2.25. The first kappa shape index (κ1) is 14.9. The SMILES string of the molecule is CC(C)CC(=O)N/N=C\c1ccc(OC2CSC2)cc1. The van der Waals surface area contributed by atoms with Crippen LogP contribution in [0.3, 0.4) is 0 Å². The van der Waals surface area contributed by atoms with Crippen LogP contribution < -0.4 is 10.2 Å². The first-order valence-electron chi connectivity index (χ1n) is 6.80. The van der Waals surface area contributed by atoms with Crippen molar-refractivity contribution in [1.82, 2.24) is 5.43 Å². The third kappa shape index (κ3) is 4.89. The van der Waals surface area contributed by atoms with E-state index in [1.165, 1.54) is 0 Å². The maximum absolute atomic E-state index is 11.4. The largest absolute Gasteiger partial charge is 0.489 e. The van der Waals surface area contributed by atoms with Gasteiger partial charge in [0.05, 0.1) is 6.21 Å². The predicted molar refractivity (Wildman–Crippen MR) is 83.4 cm³/mol. The Balaban J connectivity index is 1.79. The summed E-state index contributed by atoms with van der Waals surface area (Å²) in [5.74, 6) is 3.32. The average molecular weight is 292 g/mol. The minimum Gasteiger partial charge on any atom is -0.489 e. The molecule has 0 radical (unpaired) electrons. The average Bonchev–Trinajstić information content (AvgIpc) is 2.34. The highest BCUT2D eigenvalue weighted by Crippen LogP contribution is 2.23. The van der Waals surface area contributed by atoms with Crippen LogP contribution in [0.1, 0.15) is 25.8 Å². The molecule has 4 nitrogen and oxygen atoms in total. The summed E-state index contributed by atoms with van der Waals surface area (Å²) >= 11 is 1.90. The molecule has 0 spiro atoms. The highest BCUT2D eigenvalue weighted by Gasteiger charge is 2.19. The molecular weight excluding hydrogens is 272 g/mol. The minimum atomic E-state index is -0.0568. The molecule has 1 amide bonds. The van der Waals surface area contributed by atoms with Crippen molar-refractivity contribution in [1.29, 1.82) is 0 Å². The monoisotopic (exact) mass is 292 g/mol. The summed E-state index contributed by atoms with van der Waals surface area (Å²) in [7, 11) is 0. The highest BCUT2D eigenvalue weighted by atomic mass is 32.2. The lowest BCUT2D eigenvalue weighted by atomic mass is 10.1. The number of ether oxygens (including phenoxy) is 1. The van der Waals surface area contributed by atoms with E-state index in [2.05, 4.69) is 10.5 Å². The van der Waals surface area contributed by atoms with E-state index in [0.29, 0.717) is 18.4 Å². The van der Waals surface area contributed by atoms with Gasteiger partial charge in [-0.2, -0.15) is 16.9 Å². The van der Waals surface area contributed by atoms with Gasteiger partial charge in [0.1, 0.15) is 11.9 Å². The first-order valence-corrected chi connectivity index (χ1v) is 7.95.